The van der Waals surface area contributed by atoms with E-state index >= 15 is 0 Å². The number of carbonyl (C=O) groups excluding carboxylic acids is 1. The molecule has 0 radical (unpaired) electrons. The van der Waals surface area contributed by atoms with Crippen LogP contribution in [0.1, 0.15) is 84.3 Å². The average molecular weight is 511 g/mol. The Bertz CT molecular complexity index is 1370. The largest absolute Gasteiger partial charge is 0.417 e. The van der Waals surface area contributed by atoms with Crippen LogP contribution in [0.3, 0.4) is 0 Å². The topological polar surface area (TPSA) is 81.3 Å². The summed E-state index contributed by atoms with van der Waals surface area (Å²) in [6.45, 7) is 2.50. The Morgan fingerprint density at radius 2 is 1.97 bits per heavy atom. The van der Waals surface area contributed by atoms with Gasteiger partial charge in [-0.3, -0.25) is 9.78 Å². The number of amides is 1. The summed E-state index contributed by atoms with van der Waals surface area (Å²) in [4.78, 5) is 24.4. The Morgan fingerprint density at radius 1 is 1.19 bits per heavy atom. The third-order valence-corrected chi connectivity index (χ3v) is 8.41. The summed E-state index contributed by atoms with van der Waals surface area (Å²) in [7, 11) is 0. The number of pyridine rings is 2. The molecule has 6 rings (SSSR count). The molecule has 2 saturated carbocycles. The molecule has 3 aromatic rings. The number of fused-ring (bicyclic) bond motifs is 3. The number of benzene rings is 1. The number of nitrogens with two attached hydrogens (primary N) is 1. The normalized spacial score (nSPS) is 22.3. The molecule has 2 atom stereocenters. The lowest BCUT2D eigenvalue weighted by atomic mass is 9.85. The number of halogens is 3. The van der Waals surface area contributed by atoms with Crippen molar-refractivity contribution in [3.63, 3.8) is 0 Å². The van der Waals surface area contributed by atoms with Crippen LogP contribution in [0.25, 0.3) is 10.9 Å². The van der Waals surface area contributed by atoms with Crippen molar-refractivity contribution in [1.82, 2.24) is 14.9 Å². The second kappa shape index (κ2) is 8.68. The average Bonchev–Trinajstić information content (AvgIpc) is 3.39. The van der Waals surface area contributed by atoms with E-state index < -0.39 is 11.7 Å². The molecule has 1 aromatic carbocycles. The number of hydrogen-bond acceptors (Lipinski definition) is 5. The third kappa shape index (κ3) is 4.23. The molecular weight excluding hydrogens is 481 g/mol. The predicted octanol–water partition coefficient (Wildman–Crippen LogP) is 6.19. The Morgan fingerprint density at radius 3 is 2.68 bits per heavy atom. The van der Waals surface area contributed by atoms with Crippen LogP contribution < -0.4 is 5.73 Å². The first-order valence-corrected chi connectivity index (χ1v) is 12.8. The minimum Gasteiger partial charge on any atom is -0.383 e. The molecule has 6 nitrogen and oxygen atoms in total. The molecule has 0 bridgehead atoms. The van der Waals surface area contributed by atoms with Crippen LogP contribution in [0, 0.1) is 5.41 Å². The van der Waals surface area contributed by atoms with Crippen molar-refractivity contribution in [2.45, 2.75) is 76.9 Å². The fraction of sp³-hybridized carbons (Fsp3) is 0.464. The predicted molar refractivity (Wildman–Crippen MR) is 132 cm³/mol. The van der Waals surface area contributed by atoms with Crippen molar-refractivity contribution in [2.75, 3.05) is 5.73 Å². The minimum atomic E-state index is -4.45. The molecule has 9 heteroatoms. The van der Waals surface area contributed by atoms with E-state index in [-0.39, 0.29) is 30.0 Å². The van der Waals surface area contributed by atoms with E-state index in [9.17, 15) is 18.0 Å². The fourth-order valence-corrected chi connectivity index (χ4v) is 6.31. The Hall–Kier alpha value is -3.20. The maximum absolute atomic E-state index is 14.0. The number of anilines is 1. The van der Waals surface area contributed by atoms with Gasteiger partial charge in [0.25, 0.3) is 5.91 Å². The van der Waals surface area contributed by atoms with E-state index in [4.69, 9.17) is 10.5 Å². The van der Waals surface area contributed by atoms with Crippen molar-refractivity contribution in [2.24, 2.45) is 5.41 Å². The van der Waals surface area contributed by atoms with Gasteiger partial charge in [0, 0.05) is 28.8 Å². The Labute approximate surface area is 213 Å². The summed E-state index contributed by atoms with van der Waals surface area (Å²) in [5.41, 5.74) is 8.98. The smallest absolute Gasteiger partial charge is 0.383 e. The van der Waals surface area contributed by atoms with Crippen LogP contribution in [0.5, 0.6) is 0 Å². The van der Waals surface area contributed by atoms with Gasteiger partial charge in [0.05, 0.1) is 36.0 Å². The zero-order valence-corrected chi connectivity index (χ0v) is 20.6. The highest BCUT2D eigenvalue weighted by atomic mass is 19.4. The molecule has 3 aliphatic rings. The Kier molecular flexibility index (Phi) is 5.67. The number of aromatic nitrogens is 2. The molecule has 3 heterocycles. The number of nitrogens with zero attached hydrogens (tertiary/aromatic N) is 3. The maximum Gasteiger partial charge on any atom is 0.417 e. The molecule has 0 saturated heterocycles. The number of carbonyl (C=O) groups is 1. The van der Waals surface area contributed by atoms with Crippen LogP contribution >= 0.6 is 0 Å². The van der Waals surface area contributed by atoms with Gasteiger partial charge in [-0.2, -0.15) is 13.2 Å². The van der Waals surface area contributed by atoms with Crippen LogP contribution in [0.2, 0.25) is 0 Å². The van der Waals surface area contributed by atoms with E-state index in [2.05, 4.69) is 9.97 Å². The first-order chi connectivity index (χ1) is 17.7. The van der Waals surface area contributed by atoms with Gasteiger partial charge in [0.15, 0.2) is 0 Å². The molecule has 1 spiro atoms. The first-order valence-electron chi connectivity index (χ1n) is 12.8. The number of hydrogen-bond donors (Lipinski definition) is 1. The second-order valence-electron chi connectivity index (χ2n) is 10.7. The van der Waals surface area contributed by atoms with E-state index in [0.717, 1.165) is 60.9 Å². The summed E-state index contributed by atoms with van der Waals surface area (Å²) in [6.07, 6.45) is 2.80. The Balaban J connectivity index is 1.35. The number of ether oxygens (including phenoxy) is 1. The van der Waals surface area contributed by atoms with Gasteiger partial charge < -0.3 is 15.4 Å². The molecular formula is C28H29F3N4O2. The van der Waals surface area contributed by atoms with Gasteiger partial charge >= 0.3 is 6.18 Å². The van der Waals surface area contributed by atoms with Crippen molar-refractivity contribution in [3.8, 4) is 0 Å². The van der Waals surface area contributed by atoms with Gasteiger partial charge in [-0.1, -0.05) is 19.3 Å². The molecule has 2 N–H and O–H groups in total. The monoisotopic (exact) mass is 510 g/mol. The lowest BCUT2D eigenvalue weighted by Gasteiger charge is -2.29. The van der Waals surface area contributed by atoms with Crippen LogP contribution in [0.4, 0.5) is 19.0 Å². The molecule has 2 aliphatic carbocycles. The van der Waals surface area contributed by atoms with Crippen molar-refractivity contribution < 1.29 is 22.7 Å². The minimum absolute atomic E-state index is 0.0544. The maximum atomic E-state index is 14.0. The highest BCUT2D eigenvalue weighted by molar-refractivity contribution is 5.99. The quantitative estimate of drug-likeness (QED) is 0.453. The van der Waals surface area contributed by atoms with E-state index in [1.807, 2.05) is 17.9 Å². The summed E-state index contributed by atoms with van der Waals surface area (Å²) >= 11 is 0. The lowest BCUT2D eigenvalue weighted by Crippen LogP contribution is -2.36. The first kappa shape index (κ1) is 24.2. The lowest BCUT2D eigenvalue weighted by molar-refractivity contribution is -0.137. The molecule has 37 heavy (non-hydrogen) atoms. The second-order valence-corrected chi connectivity index (χ2v) is 10.7. The van der Waals surface area contributed by atoms with Crippen LogP contribution in [-0.2, 0) is 24.1 Å². The molecule has 194 valence electrons. The standard InChI is InChI=1S/C28H29F3N4O2/c1-16-24-21(15-37-16)20-11-17(5-8-22(20)34-25(24)32)26(36)35(23-12-27(23)9-3-2-4-10-27)14-19-7-6-18(13-33-19)28(29,30)31/h5-8,11,13,16,23H,2-4,9-10,12,14-15H2,1H3,(H2,32,34)/t16-,23+/m0/s1. The third-order valence-electron chi connectivity index (χ3n) is 8.41. The van der Waals surface area contributed by atoms with Gasteiger partial charge in [-0.25, -0.2) is 4.98 Å². The zero-order chi connectivity index (χ0) is 25.9. The van der Waals surface area contributed by atoms with Crippen molar-refractivity contribution in [1.29, 1.82) is 0 Å². The van der Waals surface area contributed by atoms with Gasteiger partial charge in [-0.05, 0) is 67.5 Å². The van der Waals surface area contributed by atoms with E-state index in [1.165, 1.54) is 12.5 Å². The number of rotatable bonds is 4. The molecule has 2 fully saturated rings. The fourth-order valence-electron chi connectivity index (χ4n) is 6.31. The van der Waals surface area contributed by atoms with Crippen LogP contribution in [-0.4, -0.2) is 26.8 Å². The van der Waals surface area contributed by atoms with E-state index in [1.54, 1.807) is 12.1 Å². The summed E-state index contributed by atoms with van der Waals surface area (Å²) in [6, 6.07) is 7.88. The molecule has 1 aliphatic heterocycles. The van der Waals surface area contributed by atoms with Crippen LogP contribution in [0.15, 0.2) is 36.5 Å². The van der Waals surface area contributed by atoms with Gasteiger partial charge in [0.1, 0.15) is 5.82 Å². The molecule has 0 unspecified atom stereocenters. The van der Waals surface area contributed by atoms with E-state index in [0.29, 0.717) is 29.2 Å². The van der Waals surface area contributed by atoms with Crippen molar-refractivity contribution >= 4 is 22.6 Å². The SMILES string of the molecule is C[C@@H]1OCc2c1c(N)nc1ccc(C(=O)N(Cc3ccc(C(F)(F)F)cn3)[C@@H]3CC34CCCCC4)cc21. The van der Waals surface area contributed by atoms with Crippen molar-refractivity contribution in [3.05, 3.63) is 64.5 Å². The number of nitrogen functional groups attached to an aromatic ring is 1. The summed E-state index contributed by atoms with van der Waals surface area (Å²) in [5.74, 6) is 0.299. The van der Waals surface area contributed by atoms with Gasteiger partial charge in [-0.15, -0.1) is 0 Å². The summed E-state index contributed by atoms with van der Waals surface area (Å²) < 4.78 is 45.0. The number of alkyl halides is 3. The summed E-state index contributed by atoms with van der Waals surface area (Å²) in [5, 5.41) is 0.843. The highest BCUT2D eigenvalue weighted by Gasteiger charge is 2.57. The molecule has 2 aromatic heterocycles. The van der Waals surface area contributed by atoms with Gasteiger partial charge in [0.2, 0.25) is 0 Å². The highest BCUT2D eigenvalue weighted by Crippen LogP contribution is 2.59. The zero-order valence-electron chi connectivity index (χ0n) is 20.6. The molecule has 1 amide bonds.